The molecule has 0 unspecified atom stereocenters. The topological polar surface area (TPSA) is 87.3 Å². The number of amides is 3. The molecule has 0 bridgehead atoms. The predicted molar refractivity (Wildman–Crippen MR) is 141 cm³/mol. The summed E-state index contributed by atoms with van der Waals surface area (Å²) < 4.78 is 26.9. The number of hydrogen-bond donors (Lipinski definition) is 3. The van der Waals surface area contributed by atoms with Crippen LogP contribution in [-0.4, -0.2) is 22.6 Å². The number of anilines is 3. The molecule has 0 saturated heterocycles. The molecule has 6 nitrogen and oxygen atoms in total. The lowest BCUT2D eigenvalue weighted by Crippen LogP contribution is -2.18. The van der Waals surface area contributed by atoms with E-state index >= 15 is 0 Å². The lowest BCUT2D eigenvalue weighted by molar-refractivity contribution is -0.117. The molecule has 0 aliphatic heterocycles. The van der Waals surface area contributed by atoms with Crippen LogP contribution < -0.4 is 16.0 Å². The van der Waals surface area contributed by atoms with Gasteiger partial charge in [-0.15, -0.1) is 23.2 Å². The molecular formula is C24H14Cl5F2N3O3. The van der Waals surface area contributed by atoms with Crippen molar-refractivity contribution in [3.8, 4) is 0 Å². The van der Waals surface area contributed by atoms with E-state index in [4.69, 9.17) is 58.0 Å². The van der Waals surface area contributed by atoms with Gasteiger partial charge in [-0.25, -0.2) is 8.78 Å². The van der Waals surface area contributed by atoms with E-state index < -0.39 is 51.0 Å². The van der Waals surface area contributed by atoms with E-state index in [1.165, 1.54) is 18.2 Å². The van der Waals surface area contributed by atoms with Crippen molar-refractivity contribution in [3.63, 3.8) is 0 Å². The normalized spacial score (nSPS) is 17.6. The van der Waals surface area contributed by atoms with Crippen molar-refractivity contribution >= 4 is 93.3 Å². The van der Waals surface area contributed by atoms with E-state index in [9.17, 15) is 23.2 Å². The number of carbonyl (C=O) groups is 3. The zero-order valence-corrected chi connectivity index (χ0v) is 22.0. The Morgan fingerprint density at radius 2 is 1.59 bits per heavy atom. The maximum atomic E-state index is 14.5. The molecule has 0 aromatic heterocycles. The average Bonchev–Trinajstić information content (AvgIpc) is 3.43. The Hall–Kier alpha value is -2.62. The summed E-state index contributed by atoms with van der Waals surface area (Å²) in [5, 5.41) is 7.41. The van der Waals surface area contributed by atoms with Crippen LogP contribution in [-0.2, 0) is 9.59 Å². The Kier molecular flexibility index (Phi) is 7.88. The fourth-order valence-electron chi connectivity index (χ4n) is 3.80. The summed E-state index contributed by atoms with van der Waals surface area (Å²) in [4.78, 5) is 36.4. The molecule has 2 atom stereocenters. The summed E-state index contributed by atoms with van der Waals surface area (Å²) in [6, 6.07) is 10.7. The van der Waals surface area contributed by atoms with Crippen LogP contribution in [0.5, 0.6) is 0 Å². The fraction of sp³-hybridized carbons (Fsp3) is 0.125. The van der Waals surface area contributed by atoms with Crippen LogP contribution in [0.3, 0.4) is 0 Å². The molecule has 0 radical (unpaired) electrons. The first-order valence-electron chi connectivity index (χ1n) is 10.4. The summed E-state index contributed by atoms with van der Waals surface area (Å²) >= 11 is 30.9. The quantitative estimate of drug-likeness (QED) is 0.195. The summed E-state index contributed by atoms with van der Waals surface area (Å²) in [6.45, 7) is 0. The van der Waals surface area contributed by atoms with Gasteiger partial charge >= 0.3 is 0 Å². The van der Waals surface area contributed by atoms with Crippen molar-refractivity contribution in [3.05, 3.63) is 86.4 Å². The fourth-order valence-corrected chi connectivity index (χ4v) is 5.14. The Morgan fingerprint density at radius 3 is 2.27 bits per heavy atom. The zero-order chi connectivity index (χ0) is 27.1. The molecule has 1 aliphatic carbocycles. The van der Waals surface area contributed by atoms with Crippen molar-refractivity contribution in [2.75, 3.05) is 16.0 Å². The van der Waals surface area contributed by atoms with Crippen molar-refractivity contribution in [1.82, 2.24) is 0 Å². The Bertz CT molecular complexity index is 1440. The molecule has 1 aliphatic rings. The minimum atomic E-state index is -1.40. The summed E-state index contributed by atoms with van der Waals surface area (Å²) in [5.41, 5.74) is -0.441. The average molecular weight is 608 g/mol. The van der Waals surface area contributed by atoms with Crippen molar-refractivity contribution < 1.29 is 23.2 Å². The maximum absolute atomic E-state index is 14.5. The minimum absolute atomic E-state index is 0.00611. The van der Waals surface area contributed by atoms with Crippen LogP contribution in [0.1, 0.15) is 21.8 Å². The van der Waals surface area contributed by atoms with Gasteiger partial charge in [-0.05, 0) is 48.0 Å². The van der Waals surface area contributed by atoms with E-state index in [-0.39, 0.29) is 27.7 Å². The lowest BCUT2D eigenvalue weighted by atomic mass is 10.1. The van der Waals surface area contributed by atoms with Gasteiger partial charge in [0.1, 0.15) is 15.8 Å². The highest BCUT2D eigenvalue weighted by Crippen LogP contribution is 2.65. The molecule has 3 aromatic carbocycles. The second kappa shape index (κ2) is 10.6. The van der Waals surface area contributed by atoms with Gasteiger partial charge in [-0.2, -0.15) is 0 Å². The van der Waals surface area contributed by atoms with Gasteiger partial charge < -0.3 is 16.0 Å². The third kappa shape index (κ3) is 5.49. The molecule has 13 heteroatoms. The highest BCUT2D eigenvalue weighted by atomic mass is 35.5. The number of nitrogens with one attached hydrogen (secondary N) is 3. The number of halogens is 7. The smallest absolute Gasteiger partial charge is 0.257 e. The first-order chi connectivity index (χ1) is 17.4. The van der Waals surface area contributed by atoms with Gasteiger partial charge in [0.25, 0.3) is 5.91 Å². The maximum Gasteiger partial charge on any atom is 0.257 e. The standard InChI is InChI=1S/C24H14Cl5F2N3O3/c25-13-4-2-11(8-12(13)22(36)34-17-6-5-16(30)21(20(17)31)32-9-35)33-23(37)19-18(24(19,28)29)10-1-3-14(26)15(27)7-10/h1-9,18-19H,(H,32,35)(H,33,37)(H,34,36)/t18-,19+/m0/s1. The lowest BCUT2D eigenvalue weighted by Gasteiger charge is -2.12. The number of carbonyl (C=O) groups excluding carboxylic acids is 3. The predicted octanol–water partition coefficient (Wildman–Crippen LogP) is 7.27. The third-order valence-electron chi connectivity index (χ3n) is 5.66. The van der Waals surface area contributed by atoms with Crippen LogP contribution >= 0.6 is 58.0 Å². The van der Waals surface area contributed by atoms with Gasteiger partial charge in [-0.3, -0.25) is 14.4 Å². The zero-order valence-electron chi connectivity index (χ0n) is 18.2. The second-order valence-electron chi connectivity index (χ2n) is 7.99. The molecule has 37 heavy (non-hydrogen) atoms. The van der Waals surface area contributed by atoms with Gasteiger partial charge in [0.15, 0.2) is 5.82 Å². The largest absolute Gasteiger partial charge is 0.326 e. The van der Waals surface area contributed by atoms with Crippen molar-refractivity contribution in [2.45, 2.75) is 10.3 Å². The van der Waals surface area contributed by atoms with Gasteiger partial charge in [0, 0.05) is 11.6 Å². The molecule has 1 fully saturated rings. The molecule has 4 rings (SSSR count). The molecule has 192 valence electrons. The summed E-state index contributed by atoms with van der Waals surface area (Å²) in [6.07, 6.45) is 0.0957. The SMILES string of the molecule is O=CNc1c(F)ccc(NC(=O)c2cc(NC(=O)[C@H]3[C@H](c4ccc(Cl)c(Cl)c4)C3(Cl)Cl)ccc2Cl)c1F. The Labute approximate surface area is 234 Å². The monoisotopic (exact) mass is 605 g/mol. The Morgan fingerprint density at radius 1 is 0.892 bits per heavy atom. The third-order valence-corrected chi connectivity index (χ3v) is 7.67. The highest BCUT2D eigenvalue weighted by Gasteiger charge is 2.67. The van der Waals surface area contributed by atoms with Crippen LogP contribution in [0, 0.1) is 17.6 Å². The first-order valence-corrected chi connectivity index (χ1v) is 12.3. The van der Waals surface area contributed by atoms with Gasteiger partial charge in [0.05, 0.1) is 32.2 Å². The summed E-state index contributed by atoms with van der Waals surface area (Å²) in [5.74, 6) is -4.99. The molecule has 0 spiro atoms. The Balaban J connectivity index is 1.52. The molecule has 3 aromatic rings. The molecule has 3 N–H and O–H groups in total. The van der Waals surface area contributed by atoms with E-state index in [0.717, 1.165) is 12.1 Å². The minimum Gasteiger partial charge on any atom is -0.326 e. The number of rotatable bonds is 7. The number of benzene rings is 3. The van der Waals surface area contributed by atoms with Crippen LogP contribution in [0.25, 0.3) is 0 Å². The highest BCUT2D eigenvalue weighted by molar-refractivity contribution is 6.53. The van der Waals surface area contributed by atoms with Crippen molar-refractivity contribution in [2.24, 2.45) is 5.92 Å². The molecular weight excluding hydrogens is 594 g/mol. The van der Waals surface area contributed by atoms with Crippen molar-refractivity contribution in [1.29, 1.82) is 0 Å². The molecule has 3 amide bonds. The number of hydrogen-bond acceptors (Lipinski definition) is 3. The van der Waals surface area contributed by atoms with E-state index in [1.54, 1.807) is 18.2 Å². The molecule has 0 heterocycles. The van der Waals surface area contributed by atoms with E-state index in [0.29, 0.717) is 10.6 Å². The van der Waals surface area contributed by atoms with Gasteiger partial charge in [-0.1, -0.05) is 40.9 Å². The van der Waals surface area contributed by atoms with E-state index in [2.05, 4.69) is 10.6 Å². The van der Waals surface area contributed by atoms with Crippen LogP contribution in [0.15, 0.2) is 48.5 Å². The summed E-state index contributed by atoms with van der Waals surface area (Å²) in [7, 11) is 0. The first kappa shape index (κ1) is 27.4. The van der Waals surface area contributed by atoms with Gasteiger partial charge in [0.2, 0.25) is 12.3 Å². The second-order valence-corrected chi connectivity index (χ2v) is 10.7. The molecule has 1 saturated carbocycles. The van der Waals surface area contributed by atoms with Crippen LogP contribution in [0.2, 0.25) is 15.1 Å². The number of alkyl halides is 2. The van der Waals surface area contributed by atoms with E-state index in [1.807, 2.05) is 5.32 Å². The van der Waals surface area contributed by atoms with Crippen LogP contribution in [0.4, 0.5) is 25.8 Å².